The molecular formula is C15H19N3O4. The van der Waals surface area contributed by atoms with Crippen molar-refractivity contribution in [1.82, 2.24) is 9.97 Å². The van der Waals surface area contributed by atoms with Crippen LogP contribution in [-0.2, 0) is 6.42 Å². The monoisotopic (exact) mass is 305 g/mol. The summed E-state index contributed by atoms with van der Waals surface area (Å²) in [6.07, 6.45) is 5.55. The van der Waals surface area contributed by atoms with E-state index in [1.54, 1.807) is 6.20 Å². The first-order valence-electron chi connectivity index (χ1n) is 6.72. The lowest BCUT2D eigenvalue weighted by molar-refractivity contribution is 0.0696. The van der Waals surface area contributed by atoms with Crippen LogP contribution in [0.2, 0.25) is 0 Å². The van der Waals surface area contributed by atoms with E-state index in [1.807, 2.05) is 6.20 Å². The quantitative estimate of drug-likeness (QED) is 0.665. The van der Waals surface area contributed by atoms with Gasteiger partial charge in [-0.2, -0.15) is 0 Å². The zero-order valence-corrected chi connectivity index (χ0v) is 12.2. The number of benzene rings is 1. The van der Waals surface area contributed by atoms with Gasteiger partial charge in [0.15, 0.2) is 0 Å². The van der Waals surface area contributed by atoms with E-state index in [9.17, 15) is 9.59 Å². The van der Waals surface area contributed by atoms with Crippen LogP contribution in [0.5, 0.6) is 0 Å². The molecule has 0 fully saturated rings. The third-order valence-corrected chi connectivity index (χ3v) is 2.97. The first-order chi connectivity index (χ1) is 10.5. The van der Waals surface area contributed by atoms with Crippen molar-refractivity contribution in [2.24, 2.45) is 5.73 Å². The first-order valence-corrected chi connectivity index (χ1v) is 6.72. The van der Waals surface area contributed by atoms with E-state index in [1.165, 1.54) is 25.1 Å². The number of nitrogens with one attached hydrogen (secondary N) is 1. The summed E-state index contributed by atoms with van der Waals surface area (Å²) < 4.78 is 0. The molecule has 0 atom stereocenters. The van der Waals surface area contributed by atoms with Crippen molar-refractivity contribution in [3.8, 4) is 0 Å². The molecule has 0 saturated carbocycles. The molecule has 22 heavy (non-hydrogen) atoms. The molecule has 0 unspecified atom stereocenters. The zero-order valence-electron chi connectivity index (χ0n) is 12.2. The van der Waals surface area contributed by atoms with Gasteiger partial charge in [0.05, 0.1) is 11.1 Å². The van der Waals surface area contributed by atoms with Crippen molar-refractivity contribution in [3.05, 3.63) is 53.1 Å². The molecule has 0 amide bonds. The number of rotatable bonds is 5. The van der Waals surface area contributed by atoms with E-state index in [0.717, 1.165) is 25.2 Å². The molecule has 118 valence electrons. The number of aromatic amines is 1. The molecule has 0 aliphatic carbocycles. The molecule has 1 aromatic carbocycles. The fraction of sp³-hybridized carbons (Fsp3) is 0.267. The topological polar surface area (TPSA) is 129 Å². The molecule has 1 heterocycles. The largest absolute Gasteiger partial charge is 0.478 e. The average Bonchev–Trinajstić information content (AvgIpc) is 2.98. The third kappa shape index (κ3) is 5.02. The number of carboxylic acids is 2. The molecule has 0 aliphatic heterocycles. The summed E-state index contributed by atoms with van der Waals surface area (Å²) in [6, 6.07) is 4.17. The molecule has 2 rings (SSSR count). The molecule has 7 nitrogen and oxygen atoms in total. The van der Waals surface area contributed by atoms with Gasteiger partial charge in [-0.1, -0.05) is 6.07 Å². The zero-order chi connectivity index (χ0) is 16.5. The van der Waals surface area contributed by atoms with Gasteiger partial charge in [-0.15, -0.1) is 0 Å². The third-order valence-electron chi connectivity index (χ3n) is 2.97. The summed E-state index contributed by atoms with van der Waals surface area (Å²) in [5.74, 6) is -1.19. The van der Waals surface area contributed by atoms with Gasteiger partial charge in [-0.3, -0.25) is 0 Å². The van der Waals surface area contributed by atoms with Crippen molar-refractivity contribution in [2.75, 3.05) is 6.54 Å². The number of imidazole rings is 1. The molecule has 0 aliphatic rings. The van der Waals surface area contributed by atoms with E-state index < -0.39 is 11.9 Å². The highest BCUT2D eigenvalue weighted by molar-refractivity contribution is 5.96. The molecule has 2 aromatic rings. The number of carboxylic acid groups (broad SMARTS) is 2. The van der Waals surface area contributed by atoms with Crippen LogP contribution in [0.15, 0.2) is 30.6 Å². The average molecular weight is 305 g/mol. The van der Waals surface area contributed by atoms with E-state index in [0.29, 0.717) is 0 Å². The van der Waals surface area contributed by atoms with Crippen LogP contribution in [0, 0.1) is 6.92 Å². The number of nitrogens with two attached hydrogens (primary N) is 1. The fourth-order valence-electron chi connectivity index (χ4n) is 1.80. The predicted octanol–water partition coefficient (Wildman–Crippen LogP) is 1.69. The van der Waals surface area contributed by atoms with Crippen molar-refractivity contribution in [1.29, 1.82) is 0 Å². The van der Waals surface area contributed by atoms with Crippen molar-refractivity contribution in [3.63, 3.8) is 0 Å². The van der Waals surface area contributed by atoms with E-state index >= 15 is 0 Å². The number of hydrogen-bond donors (Lipinski definition) is 4. The summed E-state index contributed by atoms with van der Waals surface area (Å²) in [4.78, 5) is 28.3. The maximum atomic E-state index is 10.6. The van der Waals surface area contributed by atoms with Crippen molar-refractivity contribution in [2.45, 2.75) is 19.8 Å². The Morgan fingerprint density at radius 2 is 1.82 bits per heavy atom. The summed E-state index contributed by atoms with van der Waals surface area (Å²) in [5, 5.41) is 17.4. The molecule has 7 heteroatoms. The maximum Gasteiger partial charge on any atom is 0.335 e. The number of aryl methyl sites for hydroxylation is 1. The second-order valence-electron chi connectivity index (χ2n) is 4.52. The van der Waals surface area contributed by atoms with Crippen molar-refractivity contribution < 1.29 is 19.8 Å². The minimum atomic E-state index is -1.11. The number of aromatic carboxylic acids is 2. The molecule has 0 spiro atoms. The number of H-pyrrole nitrogens is 1. The van der Waals surface area contributed by atoms with E-state index in [4.69, 9.17) is 15.9 Å². The number of carbonyl (C=O) groups is 2. The Balaban J connectivity index is 0.000000235. The van der Waals surface area contributed by atoms with Gasteiger partial charge < -0.3 is 20.9 Å². The second-order valence-corrected chi connectivity index (χ2v) is 4.52. The molecule has 5 N–H and O–H groups in total. The Morgan fingerprint density at radius 1 is 1.23 bits per heavy atom. The Kier molecular flexibility index (Phi) is 6.78. The van der Waals surface area contributed by atoms with Crippen LogP contribution in [0.25, 0.3) is 0 Å². The SMILES string of the molecule is Cc1c(C(=O)O)cccc1C(=O)O.NCCCc1ncc[nH]1. The predicted molar refractivity (Wildman–Crippen MR) is 81.1 cm³/mol. The van der Waals surface area contributed by atoms with E-state index in [-0.39, 0.29) is 16.7 Å². The molecule has 0 saturated heterocycles. The van der Waals surface area contributed by atoms with Crippen LogP contribution in [0.4, 0.5) is 0 Å². The van der Waals surface area contributed by atoms with Crippen LogP contribution in [0.3, 0.4) is 0 Å². The smallest absolute Gasteiger partial charge is 0.335 e. The van der Waals surface area contributed by atoms with Gasteiger partial charge in [0, 0.05) is 18.8 Å². The van der Waals surface area contributed by atoms with Crippen LogP contribution in [0.1, 0.15) is 38.5 Å². The highest BCUT2D eigenvalue weighted by Crippen LogP contribution is 2.13. The molecule has 0 bridgehead atoms. The van der Waals surface area contributed by atoms with Crippen LogP contribution >= 0.6 is 0 Å². The molecular weight excluding hydrogens is 286 g/mol. The summed E-state index contributed by atoms with van der Waals surface area (Å²) in [6.45, 7) is 2.22. The van der Waals surface area contributed by atoms with Crippen molar-refractivity contribution >= 4 is 11.9 Å². The van der Waals surface area contributed by atoms with Gasteiger partial charge in [0.25, 0.3) is 0 Å². The van der Waals surface area contributed by atoms with Gasteiger partial charge in [-0.25, -0.2) is 14.6 Å². The Bertz CT molecular complexity index is 591. The molecule has 1 aromatic heterocycles. The molecule has 0 radical (unpaired) electrons. The lowest BCUT2D eigenvalue weighted by Crippen LogP contribution is -2.06. The maximum absolute atomic E-state index is 10.6. The fourth-order valence-corrected chi connectivity index (χ4v) is 1.80. The lowest BCUT2D eigenvalue weighted by atomic mass is 10.0. The minimum absolute atomic E-state index is 0.0277. The standard InChI is InChI=1S/C9H8O4.C6H11N3/c1-5-6(8(10)11)3-2-4-7(5)9(12)13;7-3-1-2-6-8-4-5-9-6/h2-4H,1H3,(H,10,11)(H,12,13);4-5H,1-3,7H2,(H,8,9). The number of nitrogens with zero attached hydrogens (tertiary/aromatic N) is 1. The van der Waals surface area contributed by atoms with Gasteiger partial charge in [0.2, 0.25) is 0 Å². The summed E-state index contributed by atoms with van der Waals surface area (Å²) in [7, 11) is 0. The summed E-state index contributed by atoms with van der Waals surface area (Å²) >= 11 is 0. The normalized spacial score (nSPS) is 9.73. The highest BCUT2D eigenvalue weighted by atomic mass is 16.4. The number of aromatic nitrogens is 2. The second kappa shape index (κ2) is 8.58. The van der Waals surface area contributed by atoms with E-state index in [2.05, 4.69) is 9.97 Å². The van der Waals surface area contributed by atoms with Gasteiger partial charge >= 0.3 is 11.9 Å². The number of hydrogen-bond acceptors (Lipinski definition) is 4. The summed E-state index contributed by atoms with van der Waals surface area (Å²) in [5.41, 5.74) is 5.64. The Labute approximate surface area is 127 Å². The first kappa shape index (κ1) is 17.4. The van der Waals surface area contributed by atoms with Crippen LogP contribution < -0.4 is 5.73 Å². The minimum Gasteiger partial charge on any atom is -0.478 e. The lowest BCUT2D eigenvalue weighted by Gasteiger charge is -2.03. The highest BCUT2D eigenvalue weighted by Gasteiger charge is 2.13. The Morgan fingerprint density at radius 3 is 2.23 bits per heavy atom. The Hall–Kier alpha value is -2.67. The van der Waals surface area contributed by atoms with Gasteiger partial charge in [-0.05, 0) is 37.6 Å². The van der Waals surface area contributed by atoms with Crippen LogP contribution in [-0.4, -0.2) is 38.7 Å². The van der Waals surface area contributed by atoms with Gasteiger partial charge in [0.1, 0.15) is 5.82 Å².